The van der Waals surface area contributed by atoms with Crippen LogP contribution in [0.3, 0.4) is 0 Å². The van der Waals surface area contributed by atoms with Gasteiger partial charge >= 0.3 is 11.9 Å². The van der Waals surface area contributed by atoms with Gasteiger partial charge in [-0.2, -0.15) is 0 Å². The van der Waals surface area contributed by atoms with Crippen LogP contribution in [0.4, 0.5) is 0 Å². The van der Waals surface area contributed by atoms with Crippen molar-refractivity contribution in [2.75, 3.05) is 6.61 Å². The van der Waals surface area contributed by atoms with Crippen molar-refractivity contribution in [3.8, 4) is 0 Å². The van der Waals surface area contributed by atoms with Gasteiger partial charge in [0, 0.05) is 0 Å². The van der Waals surface area contributed by atoms with Gasteiger partial charge in [-0.3, -0.25) is 4.79 Å². The van der Waals surface area contributed by atoms with E-state index in [0.717, 1.165) is 12.8 Å². The van der Waals surface area contributed by atoms with Crippen molar-refractivity contribution < 1.29 is 24.5 Å². The molecular formula is C12H22O5S. The summed E-state index contributed by atoms with van der Waals surface area (Å²) in [5.41, 5.74) is 0. The van der Waals surface area contributed by atoms with E-state index in [1.54, 1.807) is 0 Å². The Morgan fingerprint density at radius 1 is 1.17 bits per heavy atom. The molecule has 0 aliphatic carbocycles. The first-order valence-corrected chi connectivity index (χ1v) is 6.68. The first kappa shape index (κ1) is 17.2. The number of esters is 1. The van der Waals surface area contributed by atoms with E-state index in [0.29, 0.717) is 6.42 Å². The number of hydrogen-bond donors (Lipinski definition) is 3. The molecule has 0 aliphatic rings. The Bertz CT molecular complexity index is 265. The SMILES string of the molecule is CCCCCCCCOC(=O)C(O)(S)CC(=O)O. The number of ether oxygens (including phenoxy) is 1. The molecule has 6 heteroatoms. The fraction of sp³-hybridized carbons (Fsp3) is 0.833. The van der Waals surface area contributed by atoms with Crippen LogP contribution in [-0.2, 0) is 14.3 Å². The highest BCUT2D eigenvalue weighted by Gasteiger charge is 2.36. The van der Waals surface area contributed by atoms with Crippen LogP contribution in [0.25, 0.3) is 0 Å². The zero-order valence-corrected chi connectivity index (χ0v) is 11.6. The Labute approximate surface area is 113 Å². The number of aliphatic hydroxyl groups is 1. The molecule has 0 saturated carbocycles. The summed E-state index contributed by atoms with van der Waals surface area (Å²) >= 11 is 3.59. The first-order valence-electron chi connectivity index (χ1n) is 6.24. The van der Waals surface area contributed by atoms with Gasteiger partial charge < -0.3 is 14.9 Å². The van der Waals surface area contributed by atoms with Gasteiger partial charge in [-0.1, -0.05) is 39.0 Å². The van der Waals surface area contributed by atoms with Crippen LogP contribution in [0.2, 0.25) is 0 Å². The summed E-state index contributed by atoms with van der Waals surface area (Å²) in [6.07, 6.45) is 5.53. The molecule has 5 nitrogen and oxygen atoms in total. The minimum atomic E-state index is -2.24. The highest BCUT2D eigenvalue weighted by atomic mass is 32.1. The molecule has 0 aliphatic heterocycles. The predicted molar refractivity (Wildman–Crippen MR) is 70.5 cm³/mol. The minimum absolute atomic E-state index is 0.188. The lowest BCUT2D eigenvalue weighted by Crippen LogP contribution is -2.36. The van der Waals surface area contributed by atoms with E-state index in [1.807, 2.05) is 0 Å². The molecule has 18 heavy (non-hydrogen) atoms. The molecule has 106 valence electrons. The number of rotatable bonds is 10. The van der Waals surface area contributed by atoms with Crippen LogP contribution in [0.15, 0.2) is 0 Å². The molecular weight excluding hydrogens is 256 g/mol. The van der Waals surface area contributed by atoms with Gasteiger partial charge in [0.25, 0.3) is 0 Å². The van der Waals surface area contributed by atoms with Gasteiger partial charge in [-0.05, 0) is 6.42 Å². The van der Waals surface area contributed by atoms with Crippen LogP contribution in [-0.4, -0.2) is 33.7 Å². The molecule has 0 spiro atoms. The van der Waals surface area contributed by atoms with E-state index in [4.69, 9.17) is 9.84 Å². The monoisotopic (exact) mass is 278 g/mol. The summed E-state index contributed by atoms with van der Waals surface area (Å²) in [4.78, 5) is 19.5. The summed E-state index contributed by atoms with van der Waals surface area (Å²) in [5.74, 6) is -2.30. The molecule has 0 heterocycles. The van der Waals surface area contributed by atoms with Gasteiger partial charge in [0.1, 0.15) is 0 Å². The Balaban J connectivity index is 3.67. The third-order valence-electron chi connectivity index (χ3n) is 2.46. The van der Waals surface area contributed by atoms with E-state index in [1.165, 1.54) is 19.3 Å². The number of aliphatic carboxylic acids is 1. The van der Waals surface area contributed by atoms with E-state index in [9.17, 15) is 14.7 Å². The molecule has 0 radical (unpaired) electrons. The summed E-state index contributed by atoms with van der Waals surface area (Å²) in [6.45, 7) is 2.32. The largest absolute Gasteiger partial charge is 0.481 e. The first-order chi connectivity index (χ1) is 8.40. The molecule has 1 atom stereocenters. The molecule has 0 rings (SSSR count). The quantitative estimate of drug-likeness (QED) is 0.246. The standard InChI is InChI=1S/C12H22O5S/c1-2-3-4-5-6-7-8-17-11(15)12(16,18)9-10(13)14/h16,18H,2-9H2,1H3,(H,13,14). The average molecular weight is 278 g/mol. The summed E-state index contributed by atoms with van der Waals surface area (Å²) < 4.78 is 4.79. The predicted octanol–water partition coefficient (Wildman–Crippen LogP) is 1.98. The fourth-order valence-electron chi connectivity index (χ4n) is 1.45. The van der Waals surface area contributed by atoms with Gasteiger partial charge in [0.15, 0.2) is 0 Å². The molecule has 1 unspecified atom stereocenters. The van der Waals surface area contributed by atoms with Gasteiger partial charge in [0.2, 0.25) is 4.93 Å². The number of carboxylic acid groups (broad SMARTS) is 1. The van der Waals surface area contributed by atoms with Crippen LogP contribution in [0, 0.1) is 0 Å². The molecule has 0 aromatic carbocycles. The molecule has 0 aromatic rings. The van der Waals surface area contributed by atoms with Crippen molar-refractivity contribution in [3.63, 3.8) is 0 Å². The Kier molecular flexibility index (Phi) is 8.83. The van der Waals surface area contributed by atoms with E-state index in [2.05, 4.69) is 19.6 Å². The topological polar surface area (TPSA) is 83.8 Å². The maximum Gasteiger partial charge on any atom is 0.349 e. The van der Waals surface area contributed by atoms with Crippen molar-refractivity contribution in [2.45, 2.75) is 56.8 Å². The van der Waals surface area contributed by atoms with Crippen molar-refractivity contribution in [1.29, 1.82) is 0 Å². The summed E-state index contributed by atoms with van der Waals surface area (Å²) in [7, 11) is 0. The van der Waals surface area contributed by atoms with Crippen molar-refractivity contribution in [3.05, 3.63) is 0 Å². The van der Waals surface area contributed by atoms with Crippen LogP contribution < -0.4 is 0 Å². The van der Waals surface area contributed by atoms with Crippen LogP contribution in [0.1, 0.15) is 51.9 Å². The molecule has 0 amide bonds. The highest BCUT2D eigenvalue weighted by Crippen LogP contribution is 2.17. The van der Waals surface area contributed by atoms with Crippen molar-refractivity contribution in [2.24, 2.45) is 0 Å². The van der Waals surface area contributed by atoms with Crippen molar-refractivity contribution in [1.82, 2.24) is 0 Å². The molecule has 0 saturated heterocycles. The fourth-order valence-corrected chi connectivity index (χ4v) is 1.65. The van der Waals surface area contributed by atoms with Crippen molar-refractivity contribution >= 4 is 24.6 Å². The Morgan fingerprint density at radius 3 is 2.28 bits per heavy atom. The second-order valence-electron chi connectivity index (χ2n) is 4.29. The summed E-state index contributed by atoms with van der Waals surface area (Å²) in [5, 5.41) is 17.9. The number of carboxylic acids is 1. The normalized spacial score (nSPS) is 13.9. The smallest absolute Gasteiger partial charge is 0.349 e. The lowest BCUT2D eigenvalue weighted by atomic mass is 10.1. The third kappa shape index (κ3) is 8.36. The second-order valence-corrected chi connectivity index (χ2v) is 5.03. The highest BCUT2D eigenvalue weighted by molar-refractivity contribution is 7.82. The van der Waals surface area contributed by atoms with Crippen LogP contribution in [0.5, 0.6) is 0 Å². The maximum atomic E-state index is 11.3. The summed E-state index contributed by atoms with van der Waals surface area (Å²) in [6, 6.07) is 0. The number of carbonyl (C=O) groups is 2. The zero-order valence-electron chi connectivity index (χ0n) is 10.7. The molecule has 0 aromatic heterocycles. The molecule has 0 bridgehead atoms. The lowest BCUT2D eigenvalue weighted by molar-refractivity contribution is -0.161. The lowest BCUT2D eigenvalue weighted by Gasteiger charge is -2.17. The number of thiol groups is 1. The Hall–Kier alpha value is -0.750. The molecule has 2 N–H and O–H groups in total. The van der Waals surface area contributed by atoms with Crippen LogP contribution >= 0.6 is 12.6 Å². The van der Waals surface area contributed by atoms with Gasteiger partial charge in [-0.25, -0.2) is 4.79 Å². The molecule has 0 fully saturated rings. The van der Waals surface area contributed by atoms with E-state index in [-0.39, 0.29) is 6.61 Å². The zero-order chi connectivity index (χ0) is 14.0. The third-order valence-corrected chi connectivity index (χ3v) is 2.80. The maximum absolute atomic E-state index is 11.3. The minimum Gasteiger partial charge on any atom is -0.481 e. The van der Waals surface area contributed by atoms with E-state index < -0.39 is 23.3 Å². The van der Waals surface area contributed by atoms with Gasteiger partial charge in [-0.15, -0.1) is 12.6 Å². The average Bonchev–Trinajstić information content (AvgIpc) is 2.25. The number of hydrogen-bond acceptors (Lipinski definition) is 5. The number of unbranched alkanes of at least 4 members (excludes halogenated alkanes) is 5. The van der Waals surface area contributed by atoms with Gasteiger partial charge in [0.05, 0.1) is 13.0 Å². The second kappa shape index (κ2) is 9.22. The Morgan fingerprint density at radius 2 is 1.72 bits per heavy atom. The van der Waals surface area contributed by atoms with E-state index >= 15 is 0 Å². The number of carbonyl (C=O) groups excluding carboxylic acids is 1.